The number of hydrogen-bond donors (Lipinski definition) is 1. The molecular formula is C15H28N2O2. The first-order valence-electron chi connectivity index (χ1n) is 7.49. The lowest BCUT2D eigenvalue weighted by atomic mass is 9.54. The van der Waals surface area contributed by atoms with Crippen LogP contribution in [0.1, 0.15) is 46.5 Å². The topological polar surface area (TPSA) is 55.6 Å². The standard InChI is InChI=1S/C15H28N2O2/c1-5-19-12-9-15(16,14(12,2)3)13(18)17(4)10-11-7-6-8-11/h11-12H,5-10,16H2,1-4H3. The number of rotatable bonds is 5. The second-order valence-electron chi connectivity index (χ2n) is 6.82. The van der Waals surface area contributed by atoms with E-state index in [4.69, 9.17) is 10.5 Å². The van der Waals surface area contributed by atoms with Gasteiger partial charge in [-0.15, -0.1) is 0 Å². The number of nitrogens with zero attached hydrogens (tertiary/aromatic N) is 1. The van der Waals surface area contributed by atoms with E-state index >= 15 is 0 Å². The maximum atomic E-state index is 12.6. The molecule has 19 heavy (non-hydrogen) atoms. The van der Waals surface area contributed by atoms with Crippen molar-refractivity contribution >= 4 is 5.91 Å². The molecule has 0 aromatic heterocycles. The van der Waals surface area contributed by atoms with Crippen molar-refractivity contribution in [2.24, 2.45) is 17.1 Å². The van der Waals surface area contributed by atoms with Crippen molar-refractivity contribution in [1.29, 1.82) is 0 Å². The van der Waals surface area contributed by atoms with Crippen LogP contribution in [0.5, 0.6) is 0 Å². The van der Waals surface area contributed by atoms with Gasteiger partial charge in [-0.1, -0.05) is 20.3 Å². The molecule has 2 rings (SSSR count). The third-order valence-corrected chi connectivity index (χ3v) is 5.32. The Hall–Kier alpha value is -0.610. The summed E-state index contributed by atoms with van der Waals surface area (Å²) in [5, 5.41) is 0. The van der Waals surface area contributed by atoms with E-state index in [1.165, 1.54) is 19.3 Å². The summed E-state index contributed by atoms with van der Waals surface area (Å²) in [6.07, 6.45) is 4.55. The van der Waals surface area contributed by atoms with Crippen molar-refractivity contribution in [2.75, 3.05) is 20.2 Å². The quantitative estimate of drug-likeness (QED) is 0.827. The van der Waals surface area contributed by atoms with Gasteiger partial charge in [0, 0.05) is 32.0 Å². The molecule has 2 unspecified atom stereocenters. The Kier molecular flexibility index (Phi) is 3.94. The monoisotopic (exact) mass is 268 g/mol. The van der Waals surface area contributed by atoms with Gasteiger partial charge in [-0.2, -0.15) is 0 Å². The summed E-state index contributed by atoms with van der Waals surface area (Å²) >= 11 is 0. The van der Waals surface area contributed by atoms with E-state index in [1.54, 1.807) is 0 Å². The third-order valence-electron chi connectivity index (χ3n) is 5.32. The van der Waals surface area contributed by atoms with Crippen molar-refractivity contribution in [3.63, 3.8) is 0 Å². The molecule has 2 saturated carbocycles. The molecule has 0 aromatic rings. The zero-order valence-corrected chi connectivity index (χ0v) is 12.7. The van der Waals surface area contributed by atoms with Gasteiger partial charge in [-0.3, -0.25) is 4.79 Å². The molecule has 2 aliphatic rings. The van der Waals surface area contributed by atoms with Crippen molar-refractivity contribution in [3.05, 3.63) is 0 Å². The zero-order valence-electron chi connectivity index (χ0n) is 12.7. The van der Waals surface area contributed by atoms with Gasteiger partial charge in [0.15, 0.2) is 0 Å². The van der Waals surface area contributed by atoms with Crippen LogP contribution in [0.4, 0.5) is 0 Å². The molecule has 2 atom stereocenters. The summed E-state index contributed by atoms with van der Waals surface area (Å²) in [5.41, 5.74) is 5.37. The van der Waals surface area contributed by atoms with Gasteiger partial charge in [0.2, 0.25) is 5.91 Å². The molecule has 0 heterocycles. The Morgan fingerprint density at radius 3 is 2.47 bits per heavy atom. The van der Waals surface area contributed by atoms with E-state index in [9.17, 15) is 4.79 Å². The predicted octanol–water partition coefficient (Wildman–Crippen LogP) is 1.78. The summed E-state index contributed by atoms with van der Waals surface area (Å²) in [5.74, 6) is 0.767. The molecule has 0 spiro atoms. The average molecular weight is 268 g/mol. The maximum Gasteiger partial charge on any atom is 0.243 e. The fourth-order valence-electron chi connectivity index (χ4n) is 3.28. The minimum Gasteiger partial charge on any atom is -0.378 e. The van der Waals surface area contributed by atoms with Gasteiger partial charge in [-0.05, 0) is 25.7 Å². The summed E-state index contributed by atoms with van der Waals surface area (Å²) < 4.78 is 5.68. The van der Waals surface area contributed by atoms with E-state index in [0.717, 1.165) is 6.54 Å². The number of likely N-dealkylation sites (N-methyl/N-ethyl adjacent to an activating group) is 1. The van der Waals surface area contributed by atoms with Crippen molar-refractivity contribution in [1.82, 2.24) is 4.90 Å². The highest BCUT2D eigenvalue weighted by atomic mass is 16.5. The number of carbonyl (C=O) groups excluding carboxylic acids is 1. The van der Waals surface area contributed by atoms with Crippen LogP contribution in [0.2, 0.25) is 0 Å². The number of ether oxygens (including phenoxy) is 1. The van der Waals surface area contributed by atoms with E-state index < -0.39 is 5.54 Å². The van der Waals surface area contributed by atoms with Crippen LogP contribution in [0.3, 0.4) is 0 Å². The summed E-state index contributed by atoms with van der Waals surface area (Å²) in [6.45, 7) is 7.61. The number of amides is 1. The van der Waals surface area contributed by atoms with Gasteiger partial charge in [0.1, 0.15) is 5.54 Å². The highest BCUT2D eigenvalue weighted by Crippen LogP contribution is 2.50. The molecule has 1 amide bonds. The van der Waals surface area contributed by atoms with Crippen LogP contribution in [-0.4, -0.2) is 42.6 Å². The fraction of sp³-hybridized carbons (Fsp3) is 0.933. The Morgan fingerprint density at radius 1 is 1.42 bits per heavy atom. The SMILES string of the molecule is CCOC1CC(N)(C(=O)N(C)CC2CCC2)C1(C)C. The summed E-state index contributed by atoms with van der Waals surface area (Å²) in [7, 11) is 1.89. The maximum absolute atomic E-state index is 12.6. The second kappa shape index (κ2) is 5.06. The van der Waals surface area contributed by atoms with E-state index in [1.807, 2.05) is 32.7 Å². The van der Waals surface area contributed by atoms with Crippen molar-refractivity contribution in [3.8, 4) is 0 Å². The minimum atomic E-state index is -0.759. The Balaban J connectivity index is 1.98. The molecule has 2 aliphatic carbocycles. The molecule has 0 aliphatic heterocycles. The molecule has 0 radical (unpaired) electrons. The zero-order chi connectivity index (χ0) is 14.3. The second-order valence-corrected chi connectivity index (χ2v) is 6.82. The van der Waals surface area contributed by atoms with E-state index in [-0.39, 0.29) is 17.4 Å². The Morgan fingerprint density at radius 2 is 2.05 bits per heavy atom. The lowest BCUT2D eigenvalue weighted by molar-refractivity contribution is -0.178. The fourth-order valence-corrected chi connectivity index (χ4v) is 3.28. The van der Waals surface area contributed by atoms with Crippen molar-refractivity contribution in [2.45, 2.75) is 58.1 Å². The largest absolute Gasteiger partial charge is 0.378 e. The first-order chi connectivity index (χ1) is 8.83. The highest BCUT2D eigenvalue weighted by Gasteiger charge is 2.63. The summed E-state index contributed by atoms with van der Waals surface area (Å²) in [4.78, 5) is 14.5. The lowest BCUT2D eigenvalue weighted by Gasteiger charge is -2.58. The Bertz CT molecular complexity index is 352. The minimum absolute atomic E-state index is 0.0837. The van der Waals surface area contributed by atoms with E-state index in [2.05, 4.69) is 0 Å². The van der Waals surface area contributed by atoms with Gasteiger partial charge in [0.05, 0.1) is 6.10 Å². The van der Waals surface area contributed by atoms with Gasteiger partial charge in [-0.25, -0.2) is 0 Å². The Labute approximate surface area is 116 Å². The molecule has 0 aromatic carbocycles. The first kappa shape index (κ1) is 14.8. The van der Waals surface area contributed by atoms with Crippen LogP contribution in [0, 0.1) is 11.3 Å². The molecule has 2 N–H and O–H groups in total. The van der Waals surface area contributed by atoms with Crippen LogP contribution >= 0.6 is 0 Å². The number of carbonyl (C=O) groups is 1. The number of hydrogen-bond acceptors (Lipinski definition) is 3. The van der Waals surface area contributed by atoms with Crippen LogP contribution in [-0.2, 0) is 9.53 Å². The van der Waals surface area contributed by atoms with Crippen molar-refractivity contribution < 1.29 is 9.53 Å². The smallest absolute Gasteiger partial charge is 0.243 e. The molecule has 110 valence electrons. The summed E-state index contributed by atoms with van der Waals surface area (Å²) in [6, 6.07) is 0. The van der Waals surface area contributed by atoms with Gasteiger partial charge >= 0.3 is 0 Å². The molecule has 0 saturated heterocycles. The number of nitrogens with two attached hydrogens (primary N) is 1. The van der Waals surface area contributed by atoms with Crippen LogP contribution < -0.4 is 5.73 Å². The molecule has 0 bridgehead atoms. The highest BCUT2D eigenvalue weighted by molar-refractivity contribution is 5.88. The predicted molar refractivity (Wildman–Crippen MR) is 75.7 cm³/mol. The van der Waals surface area contributed by atoms with Gasteiger partial charge in [0.25, 0.3) is 0 Å². The normalized spacial score (nSPS) is 33.4. The first-order valence-corrected chi connectivity index (χ1v) is 7.49. The third kappa shape index (κ3) is 2.29. The lowest BCUT2D eigenvalue weighted by Crippen LogP contribution is -2.76. The molecular weight excluding hydrogens is 240 g/mol. The molecule has 4 heteroatoms. The molecule has 4 nitrogen and oxygen atoms in total. The van der Waals surface area contributed by atoms with Crippen LogP contribution in [0.25, 0.3) is 0 Å². The van der Waals surface area contributed by atoms with E-state index in [0.29, 0.717) is 18.9 Å². The van der Waals surface area contributed by atoms with Gasteiger partial charge < -0.3 is 15.4 Å². The average Bonchev–Trinajstić information content (AvgIpc) is 2.32. The van der Waals surface area contributed by atoms with Crippen LogP contribution in [0.15, 0.2) is 0 Å². The molecule has 2 fully saturated rings.